The highest BCUT2D eigenvalue weighted by atomic mass is 17.0. The number of nitrogens with zero attached hydrogens (tertiary/aromatic N) is 2. The summed E-state index contributed by atoms with van der Waals surface area (Å²) in [6.07, 6.45) is 5.85. The van der Waals surface area contributed by atoms with E-state index in [4.69, 9.17) is 4.84 Å². The van der Waals surface area contributed by atoms with Crippen LogP contribution < -0.4 is 0 Å². The van der Waals surface area contributed by atoms with Crippen LogP contribution in [0.3, 0.4) is 0 Å². The summed E-state index contributed by atoms with van der Waals surface area (Å²) in [7, 11) is 0. The molecule has 3 fully saturated rings. The first-order valence-electron chi connectivity index (χ1n) is 10.7. The van der Waals surface area contributed by atoms with E-state index in [9.17, 15) is 34.9 Å². The lowest BCUT2D eigenvalue weighted by atomic mass is 9.46. The molecule has 0 saturated heterocycles. The van der Waals surface area contributed by atoms with Crippen LogP contribution in [0.4, 0.5) is 0 Å². The van der Waals surface area contributed by atoms with Crippen molar-refractivity contribution in [2.75, 3.05) is 6.61 Å². The van der Waals surface area contributed by atoms with Crippen LogP contribution in [-0.2, 0) is 19.3 Å². The summed E-state index contributed by atoms with van der Waals surface area (Å²) < 4.78 is 0. The van der Waals surface area contributed by atoms with Crippen LogP contribution >= 0.6 is 0 Å². The van der Waals surface area contributed by atoms with Crippen LogP contribution in [0, 0.1) is 48.8 Å². The van der Waals surface area contributed by atoms with Crippen molar-refractivity contribution in [3.8, 4) is 0 Å². The smallest absolute Gasteiger partial charge is 0.294 e. The number of rotatable bonds is 6. The molecule has 0 bridgehead atoms. The van der Waals surface area contributed by atoms with Crippen molar-refractivity contribution >= 4 is 11.6 Å². The summed E-state index contributed by atoms with van der Waals surface area (Å²) in [5.74, 6) is -1.48. The van der Waals surface area contributed by atoms with Gasteiger partial charge in [0, 0.05) is 16.7 Å². The molecule has 4 rings (SSSR count). The van der Waals surface area contributed by atoms with Crippen molar-refractivity contribution in [1.82, 2.24) is 0 Å². The van der Waals surface area contributed by atoms with Crippen LogP contribution in [0.15, 0.2) is 23.8 Å². The van der Waals surface area contributed by atoms with Crippen LogP contribution in [0.2, 0.25) is 0 Å². The van der Waals surface area contributed by atoms with E-state index in [1.54, 1.807) is 19.1 Å². The molecule has 1 unspecified atom stereocenters. The Balaban J connectivity index is 1.73. The lowest BCUT2D eigenvalue weighted by Crippen LogP contribution is -2.62. The van der Waals surface area contributed by atoms with Gasteiger partial charge in [0.1, 0.15) is 11.7 Å². The van der Waals surface area contributed by atoms with Gasteiger partial charge in [-0.05, 0) is 56.1 Å². The summed E-state index contributed by atoms with van der Waals surface area (Å²) in [6, 6.07) is 0. The lowest BCUT2D eigenvalue weighted by Gasteiger charge is -2.59. The van der Waals surface area contributed by atoms with E-state index >= 15 is 0 Å². The normalized spacial score (nSPS) is 42.2. The molecule has 0 spiro atoms. The number of aliphatic hydroxyl groups is 1. The Morgan fingerprint density at radius 3 is 2.62 bits per heavy atom. The number of hydrogen-bond donors (Lipinski definition) is 1. The van der Waals surface area contributed by atoms with E-state index in [1.165, 1.54) is 6.08 Å². The zero-order valence-electron chi connectivity index (χ0n) is 17.9. The highest BCUT2D eigenvalue weighted by Crippen LogP contribution is 2.67. The number of carbonyl (C=O) groups is 2. The predicted molar refractivity (Wildman–Crippen MR) is 107 cm³/mol. The van der Waals surface area contributed by atoms with E-state index < -0.39 is 45.1 Å². The minimum Gasteiger partial charge on any atom is -0.381 e. The Hall–Kier alpha value is -2.82. The molecule has 0 aromatic heterocycles. The molecular weight excluding hydrogens is 424 g/mol. The number of fused-ring (bicyclic) bond motifs is 5. The van der Waals surface area contributed by atoms with Gasteiger partial charge in [-0.1, -0.05) is 25.5 Å². The van der Waals surface area contributed by atoms with E-state index in [2.05, 4.69) is 4.84 Å². The highest BCUT2D eigenvalue weighted by Gasteiger charge is 2.68. The van der Waals surface area contributed by atoms with Gasteiger partial charge in [-0.2, -0.15) is 0 Å². The third-order valence-corrected chi connectivity index (χ3v) is 8.61. The zero-order valence-corrected chi connectivity index (χ0v) is 17.9. The van der Waals surface area contributed by atoms with E-state index in [1.807, 2.05) is 6.92 Å². The molecule has 3 saturated carbocycles. The third-order valence-electron chi connectivity index (χ3n) is 8.61. The molecule has 0 amide bonds. The molecule has 11 heteroatoms. The van der Waals surface area contributed by atoms with E-state index in [0.717, 1.165) is 5.57 Å². The van der Waals surface area contributed by atoms with Gasteiger partial charge in [0.15, 0.2) is 18.2 Å². The Morgan fingerprint density at radius 1 is 1.25 bits per heavy atom. The molecule has 11 nitrogen and oxygen atoms in total. The summed E-state index contributed by atoms with van der Waals surface area (Å²) in [6.45, 7) is 2.79. The fourth-order valence-corrected chi connectivity index (χ4v) is 7.19. The summed E-state index contributed by atoms with van der Waals surface area (Å²) in [5, 5.41) is 31.5. The molecule has 0 heterocycles. The van der Waals surface area contributed by atoms with Crippen LogP contribution in [0.1, 0.15) is 46.0 Å². The zero-order chi connectivity index (χ0) is 23.5. The predicted octanol–water partition coefficient (Wildman–Crippen LogP) is 1.99. The number of hydrogen-bond acceptors (Lipinski definition) is 9. The van der Waals surface area contributed by atoms with E-state index in [-0.39, 0.29) is 36.4 Å². The molecule has 1 N–H and O–H groups in total. The Bertz CT molecular complexity index is 946. The second kappa shape index (κ2) is 7.36. The van der Waals surface area contributed by atoms with Crippen LogP contribution in [0.5, 0.6) is 0 Å². The number of allylic oxidation sites excluding steroid dienone is 4. The van der Waals surface area contributed by atoms with Gasteiger partial charge in [0.25, 0.3) is 10.2 Å². The molecular formula is C21H26N2O9. The average molecular weight is 450 g/mol. The second-order valence-corrected chi connectivity index (χ2v) is 9.83. The SMILES string of the molecule is C[C@]12C=CC(=O)C=C1CCC1[C@@H]2[C@@H](O[N+](=O)[O-])C[C@@]2(C)[C@H]1CC[C@]2(O)C(=O)CO[N+](=O)[O-]. The third kappa shape index (κ3) is 3.13. The Labute approximate surface area is 183 Å². The Morgan fingerprint density at radius 2 is 1.97 bits per heavy atom. The van der Waals surface area contributed by atoms with Crippen LogP contribution in [0.25, 0.3) is 0 Å². The molecule has 32 heavy (non-hydrogen) atoms. The first kappa shape index (κ1) is 22.4. The maximum Gasteiger partial charge on any atom is 0.294 e. The lowest BCUT2D eigenvalue weighted by molar-refractivity contribution is -0.773. The molecule has 0 aliphatic heterocycles. The fraction of sp³-hybridized carbons (Fsp3) is 0.714. The molecule has 7 atom stereocenters. The van der Waals surface area contributed by atoms with Gasteiger partial charge in [-0.3, -0.25) is 9.59 Å². The largest absolute Gasteiger partial charge is 0.381 e. The van der Waals surface area contributed by atoms with Crippen molar-refractivity contribution in [1.29, 1.82) is 0 Å². The van der Waals surface area contributed by atoms with Crippen molar-refractivity contribution in [3.05, 3.63) is 44.0 Å². The number of ketones is 2. The first-order chi connectivity index (χ1) is 14.9. The fourth-order valence-electron chi connectivity index (χ4n) is 7.19. The van der Waals surface area contributed by atoms with Gasteiger partial charge < -0.3 is 14.8 Å². The van der Waals surface area contributed by atoms with Crippen molar-refractivity contribution in [2.45, 2.75) is 57.7 Å². The molecule has 4 aliphatic carbocycles. The van der Waals surface area contributed by atoms with Gasteiger partial charge in [0.2, 0.25) is 0 Å². The maximum absolute atomic E-state index is 12.8. The summed E-state index contributed by atoms with van der Waals surface area (Å²) in [5.41, 5.74) is -2.68. The number of carbonyl (C=O) groups excluding carboxylic acids is 2. The summed E-state index contributed by atoms with van der Waals surface area (Å²) in [4.78, 5) is 56.1. The standard InChI is InChI=1S/C21H26N2O9/c1-19-7-5-13(24)9-12(19)3-4-14-15-6-8-21(26,17(25)11-31-22(27)28)20(15,2)10-16(18(14)19)32-23(29)30/h5,7,9,14-16,18,26H,3-4,6,8,10-11H2,1-2H3/t14?,15-,16-,18+,19-,20-,21-/m0/s1. The first-order valence-corrected chi connectivity index (χ1v) is 10.7. The van der Waals surface area contributed by atoms with E-state index in [0.29, 0.717) is 19.3 Å². The second-order valence-electron chi connectivity index (χ2n) is 9.83. The monoisotopic (exact) mass is 450 g/mol. The average Bonchev–Trinajstić information content (AvgIpc) is 2.97. The molecule has 0 aromatic carbocycles. The van der Waals surface area contributed by atoms with Crippen molar-refractivity contribution in [2.24, 2.45) is 28.6 Å². The number of Topliss-reactive ketones (excluding diaryl/α,β-unsaturated/α-hetero) is 1. The minimum atomic E-state index is -1.91. The van der Waals surface area contributed by atoms with Gasteiger partial charge in [-0.25, -0.2) is 0 Å². The van der Waals surface area contributed by atoms with Gasteiger partial charge >= 0.3 is 0 Å². The topological polar surface area (TPSA) is 159 Å². The molecule has 4 aliphatic rings. The highest BCUT2D eigenvalue weighted by molar-refractivity contribution is 6.01. The molecule has 0 aromatic rings. The van der Waals surface area contributed by atoms with Crippen LogP contribution in [-0.4, -0.2) is 45.2 Å². The summed E-state index contributed by atoms with van der Waals surface area (Å²) >= 11 is 0. The van der Waals surface area contributed by atoms with Crippen molar-refractivity contribution in [3.63, 3.8) is 0 Å². The maximum atomic E-state index is 12.8. The van der Waals surface area contributed by atoms with Crippen molar-refractivity contribution < 1.29 is 34.5 Å². The molecule has 0 radical (unpaired) electrons. The van der Waals surface area contributed by atoms with Gasteiger partial charge in [0.05, 0.1) is 0 Å². The minimum absolute atomic E-state index is 0.0329. The quantitative estimate of drug-likeness (QED) is 0.471. The molecule has 174 valence electrons. The Kier molecular flexibility index (Phi) is 5.15. The van der Waals surface area contributed by atoms with Gasteiger partial charge in [-0.15, -0.1) is 20.2 Å².